The molecule has 0 aliphatic carbocycles. The summed E-state index contributed by atoms with van der Waals surface area (Å²) in [6.07, 6.45) is 3.41. The minimum Gasteiger partial charge on any atom is -0.465 e. The van der Waals surface area contributed by atoms with Crippen LogP contribution in [0.2, 0.25) is 0 Å². The average Bonchev–Trinajstić information content (AvgIpc) is 2.78. The van der Waals surface area contributed by atoms with Gasteiger partial charge in [0.1, 0.15) is 12.4 Å². The summed E-state index contributed by atoms with van der Waals surface area (Å²) >= 11 is 0. The largest absolute Gasteiger partial charge is 0.465 e. The van der Waals surface area contributed by atoms with E-state index in [4.69, 9.17) is 10.5 Å². The van der Waals surface area contributed by atoms with Crippen molar-refractivity contribution in [3.8, 4) is 11.4 Å². The van der Waals surface area contributed by atoms with Crippen molar-refractivity contribution in [3.63, 3.8) is 0 Å². The number of hydrogen-bond acceptors (Lipinski definition) is 4. The van der Waals surface area contributed by atoms with E-state index >= 15 is 0 Å². The molecule has 2 N–H and O–H groups in total. The van der Waals surface area contributed by atoms with Gasteiger partial charge in [-0.1, -0.05) is 0 Å². The van der Waals surface area contributed by atoms with E-state index in [2.05, 4.69) is 4.98 Å². The van der Waals surface area contributed by atoms with Gasteiger partial charge in [-0.15, -0.1) is 0 Å². The summed E-state index contributed by atoms with van der Waals surface area (Å²) in [4.78, 5) is 15.7. The lowest BCUT2D eigenvalue weighted by molar-refractivity contribution is -0.143. The van der Waals surface area contributed by atoms with Crippen LogP contribution >= 0.6 is 0 Å². The van der Waals surface area contributed by atoms with E-state index in [-0.39, 0.29) is 12.5 Å². The second kappa shape index (κ2) is 5.35. The first-order valence-electron chi connectivity index (χ1n) is 5.73. The SMILES string of the molecule is CCOC(=O)Cn1ccnc1-c1ccc(N)cc1. The van der Waals surface area contributed by atoms with Crippen LogP contribution in [0.3, 0.4) is 0 Å². The van der Waals surface area contributed by atoms with Crippen LogP contribution in [-0.2, 0) is 16.1 Å². The summed E-state index contributed by atoms with van der Waals surface area (Å²) in [5.74, 6) is 0.454. The van der Waals surface area contributed by atoms with Gasteiger partial charge in [0.2, 0.25) is 0 Å². The Balaban J connectivity index is 2.22. The lowest BCUT2D eigenvalue weighted by Crippen LogP contribution is -2.13. The molecule has 0 radical (unpaired) electrons. The van der Waals surface area contributed by atoms with Crippen molar-refractivity contribution in [2.45, 2.75) is 13.5 Å². The molecular formula is C13H15N3O2. The van der Waals surface area contributed by atoms with Crippen molar-refractivity contribution in [2.75, 3.05) is 12.3 Å². The van der Waals surface area contributed by atoms with Gasteiger partial charge in [-0.05, 0) is 31.2 Å². The van der Waals surface area contributed by atoms with Gasteiger partial charge >= 0.3 is 5.97 Å². The monoisotopic (exact) mass is 245 g/mol. The van der Waals surface area contributed by atoms with Crippen LogP contribution in [0.5, 0.6) is 0 Å². The molecule has 0 bridgehead atoms. The number of ether oxygens (including phenoxy) is 1. The van der Waals surface area contributed by atoms with Gasteiger partial charge < -0.3 is 15.0 Å². The summed E-state index contributed by atoms with van der Waals surface area (Å²) in [5.41, 5.74) is 7.25. The van der Waals surface area contributed by atoms with Gasteiger partial charge in [-0.25, -0.2) is 4.98 Å². The molecule has 5 nitrogen and oxygen atoms in total. The zero-order valence-corrected chi connectivity index (χ0v) is 10.2. The highest BCUT2D eigenvalue weighted by molar-refractivity contribution is 5.70. The zero-order valence-electron chi connectivity index (χ0n) is 10.2. The molecule has 1 aromatic carbocycles. The molecule has 0 spiro atoms. The summed E-state index contributed by atoms with van der Waals surface area (Å²) in [6, 6.07) is 7.36. The standard InChI is InChI=1S/C13H15N3O2/c1-2-18-12(17)9-16-8-7-15-13(16)10-3-5-11(14)6-4-10/h3-8H,2,9,14H2,1H3. The van der Waals surface area contributed by atoms with Gasteiger partial charge in [0.15, 0.2) is 0 Å². The first-order valence-corrected chi connectivity index (χ1v) is 5.73. The molecule has 1 aromatic heterocycles. The van der Waals surface area contributed by atoms with Gasteiger partial charge in [0.25, 0.3) is 0 Å². The maximum atomic E-state index is 11.5. The number of nitrogen functional groups attached to an aromatic ring is 1. The Morgan fingerprint density at radius 1 is 1.39 bits per heavy atom. The van der Waals surface area contributed by atoms with Crippen molar-refractivity contribution in [2.24, 2.45) is 0 Å². The summed E-state index contributed by atoms with van der Waals surface area (Å²) in [5, 5.41) is 0. The number of esters is 1. The Labute approximate surface area is 105 Å². The van der Waals surface area contributed by atoms with Crippen molar-refractivity contribution in [3.05, 3.63) is 36.7 Å². The van der Waals surface area contributed by atoms with E-state index in [0.717, 1.165) is 11.4 Å². The van der Waals surface area contributed by atoms with E-state index in [1.165, 1.54) is 0 Å². The van der Waals surface area contributed by atoms with E-state index in [0.29, 0.717) is 12.3 Å². The van der Waals surface area contributed by atoms with E-state index in [1.807, 2.05) is 12.1 Å². The summed E-state index contributed by atoms with van der Waals surface area (Å²) < 4.78 is 6.67. The Morgan fingerprint density at radius 2 is 2.11 bits per heavy atom. The second-order valence-electron chi connectivity index (χ2n) is 3.81. The third kappa shape index (κ3) is 2.68. The third-order valence-electron chi connectivity index (χ3n) is 2.49. The fraction of sp³-hybridized carbons (Fsp3) is 0.231. The number of imidazole rings is 1. The van der Waals surface area contributed by atoms with E-state index in [9.17, 15) is 4.79 Å². The van der Waals surface area contributed by atoms with Crippen LogP contribution < -0.4 is 5.73 Å². The molecule has 2 aromatic rings. The molecule has 2 rings (SSSR count). The molecule has 94 valence electrons. The molecule has 0 saturated carbocycles. The van der Waals surface area contributed by atoms with E-state index in [1.54, 1.807) is 36.0 Å². The number of nitrogens with zero attached hydrogens (tertiary/aromatic N) is 2. The second-order valence-corrected chi connectivity index (χ2v) is 3.81. The van der Waals surface area contributed by atoms with Crippen LogP contribution in [0.15, 0.2) is 36.7 Å². The third-order valence-corrected chi connectivity index (χ3v) is 2.49. The molecule has 18 heavy (non-hydrogen) atoms. The molecule has 0 aliphatic rings. The zero-order chi connectivity index (χ0) is 13.0. The molecule has 0 saturated heterocycles. The summed E-state index contributed by atoms with van der Waals surface area (Å²) in [7, 11) is 0. The van der Waals surface area contributed by atoms with Gasteiger partial charge in [0.05, 0.1) is 6.61 Å². The molecule has 0 aliphatic heterocycles. The minimum absolute atomic E-state index is 0.160. The van der Waals surface area contributed by atoms with E-state index < -0.39 is 0 Å². The van der Waals surface area contributed by atoms with Gasteiger partial charge in [-0.3, -0.25) is 4.79 Å². The fourth-order valence-electron chi connectivity index (χ4n) is 1.68. The number of anilines is 1. The first kappa shape index (κ1) is 12.2. The molecule has 5 heteroatoms. The Bertz CT molecular complexity index is 531. The maximum Gasteiger partial charge on any atom is 0.325 e. The van der Waals surface area contributed by atoms with Crippen LogP contribution in [0.25, 0.3) is 11.4 Å². The Kier molecular flexibility index (Phi) is 3.62. The Hall–Kier alpha value is -2.30. The maximum absolute atomic E-state index is 11.5. The molecular weight excluding hydrogens is 230 g/mol. The number of aromatic nitrogens is 2. The Morgan fingerprint density at radius 3 is 2.78 bits per heavy atom. The number of benzene rings is 1. The highest BCUT2D eigenvalue weighted by atomic mass is 16.5. The van der Waals surface area contributed by atoms with Crippen molar-refractivity contribution in [1.82, 2.24) is 9.55 Å². The van der Waals surface area contributed by atoms with Crippen molar-refractivity contribution >= 4 is 11.7 Å². The number of rotatable bonds is 4. The highest BCUT2D eigenvalue weighted by Gasteiger charge is 2.09. The van der Waals surface area contributed by atoms with Crippen LogP contribution in [0.1, 0.15) is 6.92 Å². The van der Waals surface area contributed by atoms with Crippen LogP contribution in [0.4, 0.5) is 5.69 Å². The molecule has 0 fully saturated rings. The lowest BCUT2D eigenvalue weighted by Gasteiger charge is -2.07. The predicted molar refractivity (Wildman–Crippen MR) is 68.7 cm³/mol. The molecule has 1 heterocycles. The number of nitrogens with two attached hydrogens (primary N) is 1. The van der Waals surface area contributed by atoms with Gasteiger partial charge in [0, 0.05) is 23.6 Å². The highest BCUT2D eigenvalue weighted by Crippen LogP contribution is 2.18. The smallest absolute Gasteiger partial charge is 0.325 e. The molecule has 0 atom stereocenters. The molecule has 0 unspecified atom stereocenters. The topological polar surface area (TPSA) is 70.1 Å². The average molecular weight is 245 g/mol. The van der Waals surface area contributed by atoms with Gasteiger partial charge in [-0.2, -0.15) is 0 Å². The molecule has 0 amide bonds. The quantitative estimate of drug-likeness (QED) is 0.657. The minimum atomic E-state index is -0.271. The van der Waals surface area contributed by atoms with Crippen LogP contribution in [-0.4, -0.2) is 22.1 Å². The number of carbonyl (C=O) groups excluding carboxylic acids is 1. The first-order chi connectivity index (χ1) is 8.70. The number of carbonyl (C=O) groups is 1. The fourth-order valence-corrected chi connectivity index (χ4v) is 1.68. The van der Waals surface area contributed by atoms with Crippen LogP contribution in [0, 0.1) is 0 Å². The summed E-state index contributed by atoms with van der Waals surface area (Å²) in [6.45, 7) is 2.32. The number of hydrogen-bond donors (Lipinski definition) is 1. The van der Waals surface area contributed by atoms with Crippen molar-refractivity contribution < 1.29 is 9.53 Å². The normalized spacial score (nSPS) is 10.3. The predicted octanol–water partition coefficient (Wildman–Crippen LogP) is 1.70. The lowest BCUT2D eigenvalue weighted by atomic mass is 10.2. The van der Waals surface area contributed by atoms with Crippen molar-refractivity contribution in [1.29, 1.82) is 0 Å².